The lowest BCUT2D eigenvalue weighted by Gasteiger charge is -2.28. The van der Waals surface area contributed by atoms with Gasteiger partial charge < -0.3 is 15.2 Å². The molecule has 4 N–H and O–H groups in total. The predicted molar refractivity (Wildman–Crippen MR) is 122 cm³/mol. The maximum atomic E-state index is 12.7. The number of carbonyl (C=O) groups is 2. The molecule has 2 aromatic carbocycles. The number of nitrogens with one attached hydrogen (secondary N) is 3. The maximum absolute atomic E-state index is 12.7. The third-order valence-electron chi connectivity index (χ3n) is 4.71. The van der Waals surface area contributed by atoms with Gasteiger partial charge in [0.1, 0.15) is 11.1 Å². The molecule has 0 saturated carbocycles. The number of ether oxygens (including phenoxy) is 1. The molecule has 1 unspecified atom stereocenters. The molecule has 31 heavy (non-hydrogen) atoms. The van der Waals surface area contributed by atoms with E-state index < -0.39 is 29.7 Å². The van der Waals surface area contributed by atoms with Crippen molar-refractivity contribution in [3.05, 3.63) is 65.2 Å². The Morgan fingerprint density at radius 3 is 1.90 bits per heavy atom. The standard InChI is InChI=1S/C24H33N3O4/c1-6-17-7-9-18(10-8-17)15-19-11-13-20(14-12-19)25-21(29)24(5,16-28)27-26-22(30)31-23(2,3)4/h7-14,27-28H,6,15-16H2,1-5H3,(H,25,29)(H,26,30). The van der Waals surface area contributed by atoms with Gasteiger partial charge in [0.2, 0.25) is 5.91 Å². The van der Waals surface area contributed by atoms with Crippen molar-refractivity contribution in [3.8, 4) is 0 Å². The molecular formula is C24H33N3O4. The number of amides is 2. The second-order valence-electron chi connectivity index (χ2n) is 8.74. The van der Waals surface area contributed by atoms with E-state index in [9.17, 15) is 14.7 Å². The van der Waals surface area contributed by atoms with Crippen molar-refractivity contribution in [2.24, 2.45) is 0 Å². The van der Waals surface area contributed by atoms with E-state index in [4.69, 9.17) is 4.74 Å². The highest BCUT2D eigenvalue weighted by atomic mass is 16.6. The van der Waals surface area contributed by atoms with E-state index in [1.54, 1.807) is 20.8 Å². The van der Waals surface area contributed by atoms with Crippen LogP contribution in [0.15, 0.2) is 48.5 Å². The van der Waals surface area contributed by atoms with E-state index in [1.165, 1.54) is 18.1 Å². The Kier molecular flexibility index (Phi) is 8.19. The summed E-state index contributed by atoms with van der Waals surface area (Å²) in [5.41, 5.74) is 7.00. The Morgan fingerprint density at radius 2 is 1.42 bits per heavy atom. The summed E-state index contributed by atoms with van der Waals surface area (Å²) in [6, 6.07) is 16.1. The minimum atomic E-state index is -1.43. The van der Waals surface area contributed by atoms with Crippen LogP contribution < -0.4 is 16.2 Å². The van der Waals surface area contributed by atoms with Gasteiger partial charge in [-0.3, -0.25) is 10.2 Å². The van der Waals surface area contributed by atoms with Crippen LogP contribution in [0.4, 0.5) is 10.5 Å². The van der Waals surface area contributed by atoms with Gasteiger partial charge in [0.05, 0.1) is 6.61 Å². The van der Waals surface area contributed by atoms with Crippen molar-refractivity contribution in [1.82, 2.24) is 10.9 Å². The number of aliphatic hydroxyl groups excluding tert-OH is 1. The number of anilines is 1. The molecule has 0 bridgehead atoms. The van der Waals surface area contributed by atoms with Gasteiger partial charge in [0.25, 0.3) is 0 Å². The lowest BCUT2D eigenvalue weighted by Crippen LogP contribution is -2.61. The van der Waals surface area contributed by atoms with E-state index in [1.807, 2.05) is 24.3 Å². The number of benzene rings is 2. The molecule has 0 fully saturated rings. The van der Waals surface area contributed by atoms with Crippen LogP contribution in [0.25, 0.3) is 0 Å². The molecule has 0 aliphatic heterocycles. The second-order valence-corrected chi connectivity index (χ2v) is 8.74. The monoisotopic (exact) mass is 427 g/mol. The van der Waals surface area contributed by atoms with Crippen LogP contribution >= 0.6 is 0 Å². The van der Waals surface area contributed by atoms with Crippen molar-refractivity contribution in [3.63, 3.8) is 0 Å². The Balaban J connectivity index is 1.95. The van der Waals surface area contributed by atoms with Crippen LogP contribution in [-0.2, 0) is 22.4 Å². The summed E-state index contributed by atoms with van der Waals surface area (Å²) in [4.78, 5) is 24.5. The fourth-order valence-electron chi connectivity index (χ4n) is 2.76. The van der Waals surface area contributed by atoms with Crippen LogP contribution in [0.3, 0.4) is 0 Å². The summed E-state index contributed by atoms with van der Waals surface area (Å²) in [6.07, 6.45) is 1.08. The highest BCUT2D eigenvalue weighted by Crippen LogP contribution is 2.16. The highest BCUT2D eigenvalue weighted by molar-refractivity contribution is 5.98. The third kappa shape index (κ3) is 7.70. The Morgan fingerprint density at radius 1 is 0.903 bits per heavy atom. The first kappa shape index (κ1) is 24.4. The molecule has 2 amide bonds. The molecule has 1 atom stereocenters. The molecule has 7 heteroatoms. The van der Waals surface area contributed by atoms with Gasteiger partial charge in [-0.1, -0.05) is 43.3 Å². The lowest BCUT2D eigenvalue weighted by molar-refractivity contribution is -0.123. The number of aryl methyl sites for hydroxylation is 1. The molecule has 2 rings (SSSR count). The lowest BCUT2D eigenvalue weighted by atomic mass is 10.0. The molecule has 2 aromatic rings. The van der Waals surface area contributed by atoms with Crippen molar-refractivity contribution in [2.75, 3.05) is 11.9 Å². The number of hydrogen-bond acceptors (Lipinski definition) is 5. The SMILES string of the molecule is CCc1ccc(Cc2ccc(NC(=O)C(C)(CO)NNC(=O)OC(C)(C)C)cc2)cc1. The van der Waals surface area contributed by atoms with Crippen molar-refractivity contribution in [1.29, 1.82) is 0 Å². The quantitative estimate of drug-likeness (QED) is 0.483. The molecule has 0 spiro atoms. The summed E-state index contributed by atoms with van der Waals surface area (Å²) in [6.45, 7) is 8.28. The second kappa shape index (κ2) is 10.4. The normalized spacial score (nSPS) is 13.2. The zero-order valence-corrected chi connectivity index (χ0v) is 18.9. The van der Waals surface area contributed by atoms with Gasteiger partial charge in [-0.2, -0.15) is 0 Å². The van der Waals surface area contributed by atoms with Gasteiger partial charge in [0, 0.05) is 5.69 Å². The molecule has 0 aliphatic carbocycles. The number of hydrogen-bond donors (Lipinski definition) is 4. The Hall–Kier alpha value is -2.90. The fraction of sp³-hybridized carbons (Fsp3) is 0.417. The number of aliphatic hydroxyl groups is 1. The van der Waals surface area contributed by atoms with Crippen LogP contribution in [0.1, 0.15) is 51.3 Å². The summed E-state index contributed by atoms with van der Waals surface area (Å²) in [5.74, 6) is -0.492. The summed E-state index contributed by atoms with van der Waals surface area (Å²) >= 11 is 0. The van der Waals surface area contributed by atoms with Gasteiger partial charge in [-0.05, 0) is 69.4 Å². The highest BCUT2D eigenvalue weighted by Gasteiger charge is 2.33. The van der Waals surface area contributed by atoms with Gasteiger partial charge in [-0.25, -0.2) is 10.2 Å². The average Bonchev–Trinajstić information content (AvgIpc) is 2.72. The zero-order chi connectivity index (χ0) is 23.1. The Bertz CT molecular complexity index is 873. The zero-order valence-electron chi connectivity index (χ0n) is 18.9. The van der Waals surface area contributed by atoms with E-state index in [0.29, 0.717) is 5.69 Å². The molecule has 0 saturated heterocycles. The van der Waals surface area contributed by atoms with Crippen LogP contribution in [0.2, 0.25) is 0 Å². The van der Waals surface area contributed by atoms with E-state index in [0.717, 1.165) is 18.4 Å². The average molecular weight is 428 g/mol. The van der Waals surface area contributed by atoms with Crippen molar-refractivity contribution < 1.29 is 19.4 Å². The van der Waals surface area contributed by atoms with Crippen LogP contribution in [-0.4, -0.2) is 34.9 Å². The molecule has 0 heterocycles. The molecule has 0 aromatic heterocycles. The predicted octanol–water partition coefficient (Wildman–Crippen LogP) is 3.56. The first-order valence-electron chi connectivity index (χ1n) is 10.4. The van der Waals surface area contributed by atoms with Crippen LogP contribution in [0.5, 0.6) is 0 Å². The van der Waals surface area contributed by atoms with Crippen LogP contribution in [0, 0.1) is 0 Å². The smallest absolute Gasteiger partial charge is 0.422 e. The molecule has 0 aliphatic rings. The third-order valence-corrected chi connectivity index (χ3v) is 4.71. The molecule has 168 valence electrons. The van der Waals surface area contributed by atoms with E-state index in [2.05, 4.69) is 47.4 Å². The number of rotatable bonds is 8. The summed E-state index contributed by atoms with van der Waals surface area (Å²) < 4.78 is 5.12. The van der Waals surface area contributed by atoms with Crippen molar-refractivity contribution >= 4 is 17.7 Å². The molecular weight excluding hydrogens is 394 g/mol. The molecule has 0 radical (unpaired) electrons. The summed E-state index contributed by atoms with van der Waals surface area (Å²) in [5, 5.41) is 12.5. The van der Waals surface area contributed by atoms with E-state index in [-0.39, 0.29) is 0 Å². The van der Waals surface area contributed by atoms with Crippen molar-refractivity contribution in [2.45, 2.75) is 58.6 Å². The minimum absolute atomic E-state index is 0.492. The topological polar surface area (TPSA) is 99.7 Å². The summed E-state index contributed by atoms with van der Waals surface area (Å²) in [7, 11) is 0. The van der Waals surface area contributed by atoms with E-state index >= 15 is 0 Å². The first-order valence-corrected chi connectivity index (χ1v) is 10.4. The Labute approximate surface area is 184 Å². The molecule has 7 nitrogen and oxygen atoms in total. The fourth-order valence-corrected chi connectivity index (χ4v) is 2.76. The number of carbonyl (C=O) groups excluding carboxylic acids is 2. The maximum Gasteiger partial charge on any atom is 0.422 e. The van der Waals surface area contributed by atoms with Gasteiger partial charge in [-0.15, -0.1) is 0 Å². The minimum Gasteiger partial charge on any atom is -0.443 e. The van der Waals surface area contributed by atoms with Gasteiger partial charge in [0.15, 0.2) is 0 Å². The largest absolute Gasteiger partial charge is 0.443 e. The number of hydrazine groups is 1. The van der Waals surface area contributed by atoms with Gasteiger partial charge >= 0.3 is 6.09 Å². The first-order chi connectivity index (χ1) is 14.5.